The van der Waals surface area contributed by atoms with Crippen LogP contribution < -0.4 is 11.1 Å². The van der Waals surface area contributed by atoms with E-state index < -0.39 is 0 Å². The summed E-state index contributed by atoms with van der Waals surface area (Å²) in [5.74, 6) is 0. The van der Waals surface area contributed by atoms with Gasteiger partial charge in [0.05, 0.1) is 16.8 Å². The van der Waals surface area contributed by atoms with Crippen LogP contribution in [0.25, 0.3) is 0 Å². The highest BCUT2D eigenvalue weighted by atomic mass is 35.5. The minimum absolute atomic E-state index is 0.167. The predicted octanol–water partition coefficient (Wildman–Crippen LogP) is 2.68. The molecule has 0 saturated heterocycles. The Kier molecular flexibility index (Phi) is 4.24. The minimum atomic E-state index is 0.167. The molecule has 1 atom stereocenters. The summed E-state index contributed by atoms with van der Waals surface area (Å²) in [7, 11) is 1.69. The van der Waals surface area contributed by atoms with Crippen molar-refractivity contribution in [2.24, 2.45) is 0 Å². The molecule has 0 aliphatic heterocycles. The Balaban J connectivity index is 2.73. The Morgan fingerprint density at radius 2 is 2.20 bits per heavy atom. The molecule has 0 amide bonds. The van der Waals surface area contributed by atoms with Gasteiger partial charge in [0.1, 0.15) is 0 Å². The molecule has 0 saturated carbocycles. The molecule has 4 heteroatoms. The van der Waals surface area contributed by atoms with Crippen LogP contribution in [-0.2, 0) is 4.74 Å². The van der Waals surface area contributed by atoms with Gasteiger partial charge in [-0.25, -0.2) is 0 Å². The number of aryl methyl sites for hydroxylation is 1. The summed E-state index contributed by atoms with van der Waals surface area (Å²) in [6, 6.07) is 3.71. The van der Waals surface area contributed by atoms with Crippen molar-refractivity contribution in [1.29, 1.82) is 0 Å². The third-order valence-corrected chi connectivity index (χ3v) is 2.65. The number of ether oxygens (including phenoxy) is 1. The fourth-order valence-electron chi connectivity index (χ4n) is 1.23. The van der Waals surface area contributed by atoms with Crippen molar-refractivity contribution >= 4 is 23.0 Å². The van der Waals surface area contributed by atoms with E-state index in [1.807, 2.05) is 26.0 Å². The number of anilines is 2. The van der Waals surface area contributed by atoms with E-state index in [1.165, 1.54) is 0 Å². The average molecular weight is 229 g/mol. The molecule has 0 radical (unpaired) electrons. The van der Waals surface area contributed by atoms with Crippen molar-refractivity contribution in [2.45, 2.75) is 20.0 Å². The molecule has 3 N–H and O–H groups in total. The van der Waals surface area contributed by atoms with Gasteiger partial charge in [0.2, 0.25) is 0 Å². The van der Waals surface area contributed by atoms with Crippen LogP contribution in [0.2, 0.25) is 5.02 Å². The van der Waals surface area contributed by atoms with Gasteiger partial charge in [-0.2, -0.15) is 0 Å². The number of methoxy groups -OCH3 is 1. The molecule has 1 unspecified atom stereocenters. The molecule has 1 aromatic rings. The highest BCUT2D eigenvalue weighted by Gasteiger charge is 2.04. The van der Waals surface area contributed by atoms with Crippen molar-refractivity contribution in [3.63, 3.8) is 0 Å². The molecule has 0 spiro atoms. The second kappa shape index (κ2) is 5.24. The maximum atomic E-state index is 5.94. The number of rotatable bonds is 4. The lowest BCUT2D eigenvalue weighted by molar-refractivity contribution is 0.129. The first-order valence-corrected chi connectivity index (χ1v) is 5.24. The van der Waals surface area contributed by atoms with Gasteiger partial charge in [-0.15, -0.1) is 0 Å². The first-order valence-electron chi connectivity index (χ1n) is 4.87. The second-order valence-corrected chi connectivity index (χ2v) is 4.02. The lowest BCUT2D eigenvalue weighted by atomic mass is 10.1. The molecule has 0 aliphatic rings. The zero-order chi connectivity index (χ0) is 11.4. The van der Waals surface area contributed by atoms with E-state index >= 15 is 0 Å². The number of hydrogen-bond donors (Lipinski definition) is 2. The van der Waals surface area contributed by atoms with Gasteiger partial charge < -0.3 is 15.8 Å². The quantitative estimate of drug-likeness (QED) is 0.779. The van der Waals surface area contributed by atoms with Gasteiger partial charge in [0.25, 0.3) is 0 Å². The van der Waals surface area contributed by atoms with E-state index in [2.05, 4.69) is 5.32 Å². The fraction of sp³-hybridized carbons (Fsp3) is 0.455. The molecule has 1 rings (SSSR count). The number of halogens is 1. The molecule has 0 bridgehead atoms. The van der Waals surface area contributed by atoms with Crippen LogP contribution in [0.15, 0.2) is 12.1 Å². The molecule has 84 valence electrons. The van der Waals surface area contributed by atoms with Gasteiger partial charge in [-0.3, -0.25) is 0 Å². The normalized spacial score (nSPS) is 12.5. The van der Waals surface area contributed by atoms with Crippen LogP contribution in [-0.4, -0.2) is 19.8 Å². The monoisotopic (exact) mass is 228 g/mol. The highest BCUT2D eigenvalue weighted by Crippen LogP contribution is 2.26. The Labute approximate surface area is 95.6 Å². The van der Waals surface area contributed by atoms with E-state index in [0.29, 0.717) is 10.7 Å². The lowest BCUT2D eigenvalue weighted by Gasteiger charge is -2.14. The summed E-state index contributed by atoms with van der Waals surface area (Å²) < 4.78 is 5.15. The van der Waals surface area contributed by atoms with E-state index in [0.717, 1.165) is 17.8 Å². The standard InChI is InChI=1S/C11H17ClN2O/c1-7-4-10(13)9(12)5-11(7)14-6-8(2)15-3/h4-5,8,14H,6,13H2,1-3H3. The average Bonchev–Trinajstić information content (AvgIpc) is 2.21. The smallest absolute Gasteiger partial charge is 0.0715 e. The van der Waals surface area contributed by atoms with Crippen molar-refractivity contribution in [3.8, 4) is 0 Å². The molecule has 0 heterocycles. The molecule has 0 aliphatic carbocycles. The Morgan fingerprint density at radius 3 is 2.80 bits per heavy atom. The zero-order valence-corrected chi connectivity index (χ0v) is 10.1. The van der Waals surface area contributed by atoms with Crippen LogP contribution in [0.3, 0.4) is 0 Å². The SMILES string of the molecule is COC(C)CNc1cc(Cl)c(N)cc1C. The van der Waals surface area contributed by atoms with Crippen molar-refractivity contribution in [1.82, 2.24) is 0 Å². The molecule has 15 heavy (non-hydrogen) atoms. The van der Waals surface area contributed by atoms with Gasteiger partial charge in [-0.1, -0.05) is 11.6 Å². The highest BCUT2D eigenvalue weighted by molar-refractivity contribution is 6.33. The Bertz CT molecular complexity index is 342. The van der Waals surface area contributed by atoms with E-state index in [4.69, 9.17) is 22.1 Å². The van der Waals surface area contributed by atoms with Crippen molar-refractivity contribution < 1.29 is 4.74 Å². The van der Waals surface area contributed by atoms with E-state index in [9.17, 15) is 0 Å². The van der Waals surface area contributed by atoms with Crippen LogP contribution in [0.4, 0.5) is 11.4 Å². The molecular formula is C11H17ClN2O. The van der Waals surface area contributed by atoms with Gasteiger partial charge in [-0.05, 0) is 31.5 Å². The second-order valence-electron chi connectivity index (χ2n) is 3.62. The van der Waals surface area contributed by atoms with E-state index in [-0.39, 0.29) is 6.10 Å². The van der Waals surface area contributed by atoms with Crippen LogP contribution >= 0.6 is 11.6 Å². The minimum Gasteiger partial charge on any atom is -0.398 e. The summed E-state index contributed by atoms with van der Waals surface area (Å²) in [5, 5.41) is 3.84. The topological polar surface area (TPSA) is 47.3 Å². The van der Waals surface area contributed by atoms with Crippen molar-refractivity contribution in [2.75, 3.05) is 24.7 Å². The summed E-state index contributed by atoms with van der Waals surface area (Å²) in [5.41, 5.74) is 8.38. The zero-order valence-electron chi connectivity index (χ0n) is 9.30. The summed E-state index contributed by atoms with van der Waals surface area (Å²) in [6.07, 6.45) is 0.167. The first-order chi connectivity index (χ1) is 7.04. The number of benzene rings is 1. The third kappa shape index (κ3) is 3.29. The maximum Gasteiger partial charge on any atom is 0.0715 e. The lowest BCUT2D eigenvalue weighted by Crippen LogP contribution is -2.18. The number of nitrogens with two attached hydrogens (primary N) is 1. The van der Waals surface area contributed by atoms with Crippen LogP contribution in [0, 0.1) is 6.92 Å². The first kappa shape index (κ1) is 12.1. The maximum absolute atomic E-state index is 5.94. The van der Waals surface area contributed by atoms with Crippen molar-refractivity contribution in [3.05, 3.63) is 22.7 Å². The number of hydrogen-bond acceptors (Lipinski definition) is 3. The Morgan fingerprint density at radius 1 is 1.53 bits per heavy atom. The number of nitrogens with one attached hydrogen (secondary N) is 1. The molecular weight excluding hydrogens is 212 g/mol. The van der Waals surface area contributed by atoms with Crippen LogP contribution in [0.1, 0.15) is 12.5 Å². The largest absolute Gasteiger partial charge is 0.398 e. The predicted molar refractivity (Wildman–Crippen MR) is 65.6 cm³/mol. The van der Waals surface area contributed by atoms with Gasteiger partial charge >= 0.3 is 0 Å². The molecule has 1 aromatic carbocycles. The summed E-state index contributed by atoms with van der Waals surface area (Å²) in [4.78, 5) is 0. The van der Waals surface area contributed by atoms with Gasteiger partial charge in [0.15, 0.2) is 0 Å². The summed E-state index contributed by atoms with van der Waals surface area (Å²) in [6.45, 7) is 4.74. The van der Waals surface area contributed by atoms with Gasteiger partial charge in [0, 0.05) is 19.3 Å². The van der Waals surface area contributed by atoms with Crippen LogP contribution in [0.5, 0.6) is 0 Å². The Hall–Kier alpha value is -0.930. The molecule has 0 fully saturated rings. The number of nitrogen functional groups attached to an aromatic ring is 1. The fourth-order valence-corrected chi connectivity index (χ4v) is 1.39. The molecule has 0 aromatic heterocycles. The third-order valence-electron chi connectivity index (χ3n) is 2.33. The summed E-state index contributed by atoms with van der Waals surface area (Å²) >= 11 is 5.94. The molecule has 3 nitrogen and oxygen atoms in total. The van der Waals surface area contributed by atoms with E-state index in [1.54, 1.807) is 7.11 Å².